The standard InChI is InChI=1S/2K.3H2O4S.2Rh.2H/c;;3*1-5(2,3)4;;;;/h;;3*(H2,1,2,3,4);;;;/q2*+1;;;;2*+3;2*-1/p-6. The minimum Gasteiger partial charge on any atom is -1.00 e. The van der Waals surface area contributed by atoms with E-state index >= 15 is 0 Å². The molecular formula is H2K2O12Rh2S3. The molecule has 19 heavy (non-hydrogen) atoms. The molecule has 0 aliphatic carbocycles. The van der Waals surface area contributed by atoms with Crippen LogP contribution in [0.1, 0.15) is 2.85 Å². The Balaban J connectivity index is -0.0000000129. The molecule has 0 aromatic heterocycles. The van der Waals surface area contributed by atoms with Crippen LogP contribution in [0.5, 0.6) is 0 Å². The van der Waals surface area contributed by atoms with E-state index in [0.29, 0.717) is 0 Å². The normalized spacial score (nSPS) is 9.16. The third kappa shape index (κ3) is 526. The quantitative estimate of drug-likeness (QED) is 0.149. The first-order chi connectivity index (χ1) is 6.00. The maximum absolute atomic E-state index is 8.52. The van der Waals surface area contributed by atoms with Gasteiger partial charge < -0.3 is 30.2 Å². The number of hydrogen-bond acceptors (Lipinski definition) is 12. The van der Waals surface area contributed by atoms with Crippen LogP contribution < -0.4 is 103 Å². The molecule has 0 atom stereocenters. The van der Waals surface area contributed by atoms with E-state index < -0.39 is 31.2 Å². The molecule has 0 heterocycles. The molecule has 0 bridgehead atoms. The largest absolute Gasteiger partial charge is 3.00 e. The Morgan fingerprint density at radius 2 is 0.474 bits per heavy atom. The molecule has 0 aliphatic heterocycles. The van der Waals surface area contributed by atoms with Gasteiger partial charge in [-0.1, -0.05) is 0 Å². The van der Waals surface area contributed by atoms with E-state index in [9.17, 15) is 0 Å². The van der Waals surface area contributed by atoms with Gasteiger partial charge in [-0.25, -0.2) is 0 Å². The topological polar surface area (TPSA) is 241 Å². The van der Waals surface area contributed by atoms with E-state index in [1.165, 1.54) is 0 Å². The number of rotatable bonds is 0. The molecule has 0 N–H and O–H groups in total. The van der Waals surface area contributed by atoms with Crippen molar-refractivity contribution in [3.63, 3.8) is 0 Å². The van der Waals surface area contributed by atoms with Gasteiger partial charge in [0.1, 0.15) is 0 Å². The van der Waals surface area contributed by atoms with Gasteiger partial charge in [0.25, 0.3) is 0 Å². The zero-order valence-corrected chi connectivity index (χ0v) is 20.8. The van der Waals surface area contributed by atoms with Crippen LogP contribution in [-0.2, 0) is 70.2 Å². The smallest absolute Gasteiger partial charge is 1.00 e. The average molecular weight is 574 g/mol. The summed E-state index contributed by atoms with van der Waals surface area (Å²) in [4.78, 5) is 0. The molecule has 0 unspecified atom stereocenters. The van der Waals surface area contributed by atoms with Crippen molar-refractivity contribution >= 4 is 31.2 Å². The molecule has 0 aliphatic rings. The van der Waals surface area contributed by atoms with Crippen molar-refractivity contribution in [1.29, 1.82) is 0 Å². The van der Waals surface area contributed by atoms with Crippen molar-refractivity contribution < 1.29 is 197 Å². The summed E-state index contributed by atoms with van der Waals surface area (Å²) in [6.07, 6.45) is 0. The first-order valence-corrected chi connectivity index (χ1v) is 6.00. The first-order valence-electron chi connectivity index (χ1n) is 2.00. The molecular weight excluding hydrogens is 572 g/mol. The zero-order chi connectivity index (χ0) is 13.5. The van der Waals surface area contributed by atoms with Crippen molar-refractivity contribution in [2.75, 3.05) is 0 Å². The third-order valence-electron chi connectivity index (χ3n) is 0. The molecule has 112 valence electrons. The monoisotopic (exact) mass is 574 g/mol. The van der Waals surface area contributed by atoms with Crippen molar-refractivity contribution in [2.45, 2.75) is 0 Å². The fourth-order valence-corrected chi connectivity index (χ4v) is 0. The van der Waals surface area contributed by atoms with Crippen molar-refractivity contribution in [3.8, 4) is 0 Å². The second kappa shape index (κ2) is 20.2. The molecule has 0 radical (unpaired) electrons. The summed E-state index contributed by atoms with van der Waals surface area (Å²) in [7, 11) is -15.5. The van der Waals surface area contributed by atoms with Crippen molar-refractivity contribution in [1.82, 2.24) is 0 Å². The van der Waals surface area contributed by atoms with Gasteiger partial charge >= 0.3 is 142 Å². The van der Waals surface area contributed by atoms with Gasteiger partial charge in [-0.15, -0.1) is 0 Å². The summed E-state index contributed by atoms with van der Waals surface area (Å²) in [5.74, 6) is 0. The molecule has 0 aromatic rings. The molecule has 0 spiro atoms. The fraction of sp³-hybridized carbons (Fsp3) is 0. The van der Waals surface area contributed by atoms with Crippen LogP contribution in [0.25, 0.3) is 0 Å². The zero-order valence-electron chi connectivity index (χ0n) is 10.8. The van der Waals surface area contributed by atoms with E-state index in [2.05, 4.69) is 0 Å². The van der Waals surface area contributed by atoms with Crippen LogP contribution in [-0.4, -0.2) is 52.6 Å². The second-order valence-electron chi connectivity index (χ2n) is 1.22. The van der Waals surface area contributed by atoms with Gasteiger partial charge in [-0.2, -0.15) is 0 Å². The molecule has 19 heteroatoms. The van der Waals surface area contributed by atoms with Crippen molar-refractivity contribution in [2.24, 2.45) is 0 Å². The average Bonchev–Trinajstić information content (AvgIpc) is 1.41. The minimum atomic E-state index is -5.17. The minimum absolute atomic E-state index is 0. The van der Waals surface area contributed by atoms with E-state index in [4.69, 9.17) is 52.6 Å². The summed E-state index contributed by atoms with van der Waals surface area (Å²) >= 11 is 0. The number of hydrogen-bond donors (Lipinski definition) is 0. The van der Waals surface area contributed by atoms with Gasteiger partial charge in [0.2, 0.25) is 0 Å². The molecule has 0 rings (SSSR count). The maximum Gasteiger partial charge on any atom is 3.00 e. The molecule has 0 saturated heterocycles. The predicted molar refractivity (Wildman–Crippen MR) is 33.6 cm³/mol. The van der Waals surface area contributed by atoms with Gasteiger partial charge in [0.05, 0.1) is 0 Å². The van der Waals surface area contributed by atoms with Gasteiger partial charge in [0, 0.05) is 31.2 Å². The third-order valence-corrected chi connectivity index (χ3v) is 0. The maximum atomic E-state index is 8.52. The Morgan fingerprint density at radius 1 is 0.474 bits per heavy atom. The van der Waals surface area contributed by atoms with E-state index in [-0.39, 0.29) is 145 Å². The van der Waals surface area contributed by atoms with E-state index in [1.807, 2.05) is 0 Å². The van der Waals surface area contributed by atoms with Crippen LogP contribution in [0, 0.1) is 0 Å². The van der Waals surface area contributed by atoms with Crippen LogP contribution in [0.2, 0.25) is 0 Å². The second-order valence-corrected chi connectivity index (χ2v) is 3.67. The van der Waals surface area contributed by atoms with Crippen molar-refractivity contribution in [3.05, 3.63) is 0 Å². The Kier molecular flexibility index (Phi) is 46.2. The summed E-state index contributed by atoms with van der Waals surface area (Å²) < 4.78 is 102. The van der Waals surface area contributed by atoms with Crippen LogP contribution in [0.15, 0.2) is 0 Å². The summed E-state index contributed by atoms with van der Waals surface area (Å²) in [5, 5.41) is 0. The Hall–Kier alpha value is 4.13. The van der Waals surface area contributed by atoms with E-state index in [0.717, 1.165) is 0 Å². The van der Waals surface area contributed by atoms with Gasteiger partial charge in [0.15, 0.2) is 0 Å². The Labute approximate surface area is 223 Å². The summed E-state index contributed by atoms with van der Waals surface area (Å²) in [5.41, 5.74) is 0. The molecule has 0 fully saturated rings. The molecule has 0 amide bonds. The first kappa shape index (κ1) is 43.5. The molecule has 0 aromatic carbocycles. The van der Waals surface area contributed by atoms with Crippen LogP contribution >= 0.6 is 0 Å². The predicted octanol–water partition coefficient (Wildman–Crippen LogP) is -9.79. The van der Waals surface area contributed by atoms with Gasteiger partial charge in [-0.3, -0.25) is 25.3 Å². The SMILES string of the molecule is O=S(=O)([O-])[O-].O=S(=O)([O-])[O-].O=S(=O)([O-])[O-].[H-].[H-].[K+].[K+].[Rh+3].[Rh+3]. The van der Waals surface area contributed by atoms with E-state index in [1.54, 1.807) is 0 Å². The van der Waals surface area contributed by atoms with Crippen LogP contribution in [0.3, 0.4) is 0 Å². The fourth-order valence-electron chi connectivity index (χ4n) is 0. The summed E-state index contributed by atoms with van der Waals surface area (Å²) in [6, 6.07) is 0. The molecule has 0 saturated carbocycles. The summed E-state index contributed by atoms with van der Waals surface area (Å²) in [6.45, 7) is 0. The van der Waals surface area contributed by atoms with Gasteiger partial charge in [-0.05, 0) is 0 Å². The Bertz CT molecular complexity index is 359. The van der Waals surface area contributed by atoms with Crippen LogP contribution in [0.4, 0.5) is 0 Å². The Morgan fingerprint density at radius 3 is 0.474 bits per heavy atom. The molecule has 12 nitrogen and oxygen atoms in total.